The van der Waals surface area contributed by atoms with Crippen LogP contribution in [0.1, 0.15) is 0 Å². The van der Waals surface area contributed by atoms with E-state index in [1.54, 1.807) is 0 Å². The zero-order valence-corrected chi connectivity index (χ0v) is 11.9. The summed E-state index contributed by atoms with van der Waals surface area (Å²) in [5.41, 5.74) is 0. The van der Waals surface area contributed by atoms with E-state index >= 15 is 0 Å². The van der Waals surface area contributed by atoms with E-state index in [0.29, 0.717) is 0 Å². The number of rotatable bonds is 1. The number of carbonyl (C=O) groups is 1. The molecular formula is C5H4Br4O3. The molecule has 0 aromatic carbocycles. The van der Waals surface area contributed by atoms with Crippen molar-refractivity contribution in [3.05, 3.63) is 0 Å². The topological polar surface area (TPSA) is 46.5 Å². The lowest BCUT2D eigenvalue weighted by Gasteiger charge is -2.19. The largest absolute Gasteiger partial charge is 0.478 e. The van der Waals surface area contributed by atoms with E-state index in [2.05, 4.69) is 63.7 Å². The van der Waals surface area contributed by atoms with Crippen molar-refractivity contribution in [2.45, 2.75) is 19.2 Å². The zero-order chi connectivity index (χ0) is 9.52. The minimum atomic E-state index is -1.35. The Bertz CT molecular complexity index is 211. The summed E-state index contributed by atoms with van der Waals surface area (Å²) in [6.07, 6.45) is 0. The van der Waals surface area contributed by atoms with Crippen LogP contribution >= 0.6 is 63.7 Å². The molecule has 1 N–H and O–H groups in total. The average molecular weight is 432 g/mol. The van der Waals surface area contributed by atoms with E-state index in [-0.39, 0.29) is 14.7 Å². The van der Waals surface area contributed by atoms with Gasteiger partial charge in [0.25, 0.3) is 0 Å². The Morgan fingerprint density at radius 3 is 2.08 bits per heavy atom. The second-order valence-corrected chi connectivity index (χ2v) is 6.39. The van der Waals surface area contributed by atoms with Crippen molar-refractivity contribution in [3.8, 4) is 0 Å². The highest BCUT2D eigenvalue weighted by atomic mass is 79.9. The van der Waals surface area contributed by atoms with E-state index in [1.165, 1.54) is 0 Å². The van der Waals surface area contributed by atoms with Crippen LogP contribution in [0.4, 0.5) is 0 Å². The first-order valence-corrected chi connectivity index (χ1v) is 6.46. The molecule has 12 heavy (non-hydrogen) atoms. The molecule has 0 aromatic rings. The van der Waals surface area contributed by atoms with Gasteiger partial charge < -0.3 is 9.84 Å². The second-order valence-electron chi connectivity index (χ2n) is 2.27. The fraction of sp³-hybridized carbons (Fsp3) is 0.800. The van der Waals surface area contributed by atoms with Crippen molar-refractivity contribution >= 4 is 69.7 Å². The number of ether oxygens (including phenoxy) is 1. The summed E-state index contributed by atoms with van der Waals surface area (Å²) in [6, 6.07) is 0. The Hall–Kier alpha value is 1.35. The van der Waals surface area contributed by atoms with Crippen LogP contribution in [0, 0.1) is 0 Å². The van der Waals surface area contributed by atoms with Crippen LogP contribution in [0.3, 0.4) is 0 Å². The number of halogens is 4. The van der Waals surface area contributed by atoms with Crippen LogP contribution in [-0.2, 0) is 9.53 Å². The summed E-state index contributed by atoms with van der Waals surface area (Å²) in [5.74, 6) is -1.05. The third-order valence-electron chi connectivity index (χ3n) is 1.46. The molecule has 1 aliphatic rings. The Labute approximate surface area is 103 Å². The van der Waals surface area contributed by atoms with Crippen LogP contribution < -0.4 is 0 Å². The fourth-order valence-electron chi connectivity index (χ4n) is 0.800. The smallest absolute Gasteiger partial charge is 0.348 e. The predicted octanol–water partition coefficient (Wildman–Crippen LogP) is 2.44. The van der Waals surface area contributed by atoms with Crippen LogP contribution in [0.15, 0.2) is 0 Å². The molecule has 4 atom stereocenters. The van der Waals surface area contributed by atoms with Gasteiger partial charge in [0.15, 0.2) is 0 Å². The molecule has 0 aromatic heterocycles. The minimum absolute atomic E-state index is 0.0898. The van der Waals surface area contributed by atoms with Gasteiger partial charge in [-0.25, -0.2) is 4.79 Å². The molecule has 0 saturated carbocycles. The molecule has 1 rings (SSSR count). The van der Waals surface area contributed by atoms with E-state index < -0.39 is 10.5 Å². The van der Waals surface area contributed by atoms with Gasteiger partial charge in [-0.2, -0.15) is 0 Å². The van der Waals surface area contributed by atoms with Crippen molar-refractivity contribution in [1.82, 2.24) is 0 Å². The summed E-state index contributed by atoms with van der Waals surface area (Å²) in [6.45, 7) is 0. The summed E-state index contributed by atoms with van der Waals surface area (Å²) < 4.78 is 3.82. The van der Waals surface area contributed by atoms with E-state index in [4.69, 9.17) is 9.84 Å². The molecule has 0 spiro atoms. The van der Waals surface area contributed by atoms with Crippen molar-refractivity contribution < 1.29 is 14.6 Å². The molecule has 4 unspecified atom stereocenters. The molecule has 0 bridgehead atoms. The van der Waals surface area contributed by atoms with Crippen LogP contribution in [0.5, 0.6) is 0 Å². The SMILES string of the molecule is O=C(O)C1(Br)OC(Br)C(Br)C1Br. The molecule has 0 aliphatic carbocycles. The highest BCUT2D eigenvalue weighted by Crippen LogP contribution is 2.46. The van der Waals surface area contributed by atoms with Crippen LogP contribution in [0.2, 0.25) is 0 Å². The molecule has 70 valence electrons. The maximum Gasteiger partial charge on any atom is 0.348 e. The van der Waals surface area contributed by atoms with E-state index in [9.17, 15) is 4.79 Å². The molecule has 1 heterocycles. The quantitative estimate of drug-likeness (QED) is 0.649. The Balaban J connectivity index is 2.89. The lowest BCUT2D eigenvalue weighted by Crippen LogP contribution is -2.39. The van der Waals surface area contributed by atoms with Crippen molar-refractivity contribution in [2.75, 3.05) is 0 Å². The van der Waals surface area contributed by atoms with Gasteiger partial charge in [-0.05, 0) is 15.9 Å². The number of carboxylic acids is 1. The molecule has 0 radical (unpaired) electrons. The van der Waals surface area contributed by atoms with Gasteiger partial charge in [0, 0.05) is 0 Å². The number of hydrogen-bond acceptors (Lipinski definition) is 2. The number of hydrogen-bond donors (Lipinski definition) is 1. The minimum Gasteiger partial charge on any atom is -0.478 e. The van der Waals surface area contributed by atoms with E-state index in [0.717, 1.165) is 0 Å². The zero-order valence-electron chi connectivity index (χ0n) is 5.51. The lowest BCUT2D eigenvalue weighted by molar-refractivity contribution is -0.149. The molecule has 1 aliphatic heterocycles. The van der Waals surface area contributed by atoms with Gasteiger partial charge >= 0.3 is 5.97 Å². The Morgan fingerprint density at radius 1 is 1.42 bits per heavy atom. The molecule has 1 fully saturated rings. The molecular weight excluding hydrogens is 428 g/mol. The highest BCUT2D eigenvalue weighted by Gasteiger charge is 2.56. The number of alkyl halides is 4. The number of carboxylic acid groups (broad SMARTS) is 1. The van der Waals surface area contributed by atoms with Gasteiger partial charge in [0.2, 0.25) is 4.51 Å². The molecule has 0 amide bonds. The van der Waals surface area contributed by atoms with Crippen molar-refractivity contribution in [1.29, 1.82) is 0 Å². The number of aliphatic carboxylic acids is 1. The predicted molar refractivity (Wildman–Crippen MR) is 58.5 cm³/mol. The van der Waals surface area contributed by atoms with Crippen molar-refractivity contribution in [2.24, 2.45) is 0 Å². The van der Waals surface area contributed by atoms with Gasteiger partial charge in [0.1, 0.15) is 5.01 Å². The highest BCUT2D eigenvalue weighted by molar-refractivity contribution is 9.15. The normalized spacial score (nSPS) is 47.8. The first kappa shape index (κ1) is 11.4. The summed E-state index contributed by atoms with van der Waals surface area (Å²) in [4.78, 5) is 10.4. The lowest BCUT2D eigenvalue weighted by atomic mass is 10.2. The monoisotopic (exact) mass is 428 g/mol. The van der Waals surface area contributed by atoms with Crippen LogP contribution in [-0.4, -0.2) is 30.3 Å². The molecule has 7 heteroatoms. The summed E-state index contributed by atoms with van der Waals surface area (Å²) in [7, 11) is 0. The average Bonchev–Trinajstić information content (AvgIpc) is 2.17. The fourth-order valence-corrected chi connectivity index (χ4v) is 3.96. The second kappa shape index (κ2) is 3.84. The maximum absolute atomic E-state index is 10.8. The Kier molecular flexibility index (Phi) is 3.66. The molecule has 1 saturated heterocycles. The maximum atomic E-state index is 10.8. The van der Waals surface area contributed by atoms with Gasteiger partial charge in [-0.1, -0.05) is 47.8 Å². The third-order valence-corrected chi connectivity index (χ3v) is 7.49. The molecule has 3 nitrogen and oxygen atoms in total. The summed E-state index contributed by atoms with van der Waals surface area (Å²) >= 11 is 12.8. The van der Waals surface area contributed by atoms with Gasteiger partial charge in [0.05, 0.1) is 9.65 Å². The Morgan fingerprint density at radius 2 is 1.92 bits per heavy atom. The van der Waals surface area contributed by atoms with Crippen LogP contribution in [0.25, 0.3) is 0 Å². The third kappa shape index (κ3) is 1.75. The van der Waals surface area contributed by atoms with Gasteiger partial charge in [-0.3, -0.25) is 0 Å². The first-order chi connectivity index (χ1) is 5.39. The van der Waals surface area contributed by atoms with Gasteiger partial charge in [-0.15, -0.1) is 0 Å². The summed E-state index contributed by atoms with van der Waals surface area (Å²) in [5, 5.41) is 8.51. The standard InChI is InChI=1S/C5H4Br4O3/c6-1-2(7)5(9,4(10)11)12-3(1)8/h1-3H,(H,10,11). The van der Waals surface area contributed by atoms with E-state index in [1.807, 2.05) is 0 Å². The van der Waals surface area contributed by atoms with Crippen molar-refractivity contribution in [3.63, 3.8) is 0 Å². The first-order valence-electron chi connectivity index (χ1n) is 2.92.